The number of carbonyl (C=O) groups is 1. The van der Waals surface area contributed by atoms with Crippen molar-refractivity contribution in [2.24, 2.45) is 11.8 Å². The number of fused-ring (bicyclic) bond motifs is 3. The van der Waals surface area contributed by atoms with Crippen LogP contribution in [0.3, 0.4) is 0 Å². The van der Waals surface area contributed by atoms with Gasteiger partial charge in [0.2, 0.25) is 0 Å². The highest BCUT2D eigenvalue weighted by Crippen LogP contribution is 2.49. The summed E-state index contributed by atoms with van der Waals surface area (Å²) in [5.41, 5.74) is 3.00. The summed E-state index contributed by atoms with van der Waals surface area (Å²) in [6.45, 7) is 2.04. The minimum absolute atomic E-state index is 0.375. The van der Waals surface area contributed by atoms with Gasteiger partial charge >= 0.3 is 7.12 Å². The lowest BCUT2D eigenvalue weighted by molar-refractivity contribution is -0.120. The third kappa shape index (κ3) is 2.65. The van der Waals surface area contributed by atoms with Crippen molar-refractivity contribution < 1.29 is 14.5 Å². The van der Waals surface area contributed by atoms with E-state index < -0.39 is 7.12 Å². The number of pyridine rings is 1. The van der Waals surface area contributed by atoms with Gasteiger partial charge in [-0.1, -0.05) is 6.92 Å². The minimum Gasteiger partial charge on any atom is -0.531 e. The van der Waals surface area contributed by atoms with Gasteiger partial charge in [-0.2, -0.15) is 0 Å². The first-order valence-electron chi connectivity index (χ1n) is 8.70. The van der Waals surface area contributed by atoms with Gasteiger partial charge in [0.05, 0.1) is 6.20 Å². The molecule has 0 bridgehead atoms. The maximum Gasteiger partial charge on any atom is 0.552 e. The van der Waals surface area contributed by atoms with Gasteiger partial charge in [-0.15, -0.1) is 0 Å². The Kier molecular flexibility index (Phi) is 3.92. The molecule has 1 aliphatic heterocycles. The molecule has 5 nitrogen and oxygen atoms in total. The molecule has 1 fully saturated rings. The van der Waals surface area contributed by atoms with Gasteiger partial charge in [-0.3, -0.25) is 4.79 Å². The van der Waals surface area contributed by atoms with E-state index in [1.54, 1.807) is 6.20 Å². The van der Waals surface area contributed by atoms with Crippen LogP contribution >= 0.6 is 0 Å². The molecule has 1 saturated carbocycles. The van der Waals surface area contributed by atoms with Crippen molar-refractivity contribution in [2.75, 3.05) is 0 Å². The van der Waals surface area contributed by atoms with Crippen molar-refractivity contribution >= 4 is 29.5 Å². The zero-order chi connectivity index (χ0) is 16.7. The molecular weight excluding hydrogens is 303 g/mol. The SMILES string of the molecule is CCCC(=O)CC1CC(C2=CB(O)Oc3cnc4[nH]ccc4c32)C1. The van der Waals surface area contributed by atoms with Gasteiger partial charge in [-0.05, 0) is 48.7 Å². The van der Waals surface area contributed by atoms with Crippen LogP contribution in [0, 0.1) is 11.8 Å². The Morgan fingerprint density at radius 2 is 2.33 bits per heavy atom. The highest BCUT2D eigenvalue weighted by atomic mass is 16.5. The molecular formula is C18H21BN2O3. The Hall–Kier alpha value is -2.08. The number of allylic oxidation sites excluding steroid dienone is 1. The lowest BCUT2D eigenvalue weighted by Gasteiger charge is -2.38. The number of carbonyl (C=O) groups excluding carboxylic acids is 1. The normalized spacial score (nSPS) is 22.6. The number of Topliss-reactive ketones (excluding diaryl/α,β-unsaturated/α-hetero) is 1. The van der Waals surface area contributed by atoms with Gasteiger partial charge in [0.15, 0.2) is 0 Å². The lowest BCUT2D eigenvalue weighted by atomic mass is 9.64. The molecule has 0 saturated heterocycles. The van der Waals surface area contributed by atoms with E-state index in [-0.39, 0.29) is 0 Å². The Morgan fingerprint density at radius 1 is 1.50 bits per heavy atom. The van der Waals surface area contributed by atoms with E-state index in [1.807, 2.05) is 25.2 Å². The summed E-state index contributed by atoms with van der Waals surface area (Å²) in [5, 5.41) is 11.0. The molecule has 2 N–H and O–H groups in total. The summed E-state index contributed by atoms with van der Waals surface area (Å²) in [6, 6.07) is 2.00. The van der Waals surface area contributed by atoms with Crippen LogP contribution in [0.4, 0.5) is 0 Å². The number of hydrogen-bond donors (Lipinski definition) is 2. The first-order chi connectivity index (χ1) is 11.7. The van der Waals surface area contributed by atoms with Crippen LogP contribution in [0.2, 0.25) is 0 Å². The van der Waals surface area contributed by atoms with E-state index in [9.17, 15) is 9.82 Å². The van der Waals surface area contributed by atoms with Gasteiger partial charge in [-0.25, -0.2) is 4.98 Å². The van der Waals surface area contributed by atoms with Crippen LogP contribution in [0.1, 0.15) is 44.6 Å². The summed E-state index contributed by atoms with van der Waals surface area (Å²) >= 11 is 0. The molecule has 0 atom stereocenters. The average molecular weight is 324 g/mol. The maximum absolute atomic E-state index is 11.8. The zero-order valence-corrected chi connectivity index (χ0v) is 13.8. The van der Waals surface area contributed by atoms with Crippen LogP contribution in [-0.2, 0) is 4.79 Å². The molecule has 6 heteroatoms. The maximum atomic E-state index is 11.8. The number of nitrogens with zero attached hydrogens (tertiary/aromatic N) is 1. The Morgan fingerprint density at radius 3 is 3.12 bits per heavy atom. The number of hydrogen-bond acceptors (Lipinski definition) is 4. The highest BCUT2D eigenvalue weighted by Gasteiger charge is 2.38. The summed E-state index contributed by atoms with van der Waals surface area (Å²) < 4.78 is 5.53. The third-order valence-corrected chi connectivity index (χ3v) is 5.13. The topological polar surface area (TPSA) is 75.2 Å². The number of aromatic nitrogens is 2. The smallest absolute Gasteiger partial charge is 0.531 e. The predicted octanol–water partition coefficient (Wildman–Crippen LogP) is 3.14. The van der Waals surface area contributed by atoms with Crippen molar-refractivity contribution in [1.82, 2.24) is 9.97 Å². The van der Waals surface area contributed by atoms with Gasteiger partial charge in [0.25, 0.3) is 0 Å². The number of aromatic amines is 1. The number of rotatable bonds is 5. The molecule has 0 spiro atoms. The monoisotopic (exact) mass is 324 g/mol. The number of ketones is 1. The van der Waals surface area contributed by atoms with E-state index in [2.05, 4.69) is 9.97 Å². The molecule has 2 aromatic rings. The fourth-order valence-corrected chi connectivity index (χ4v) is 3.98. The second-order valence-corrected chi connectivity index (χ2v) is 6.89. The standard InChI is InChI=1S/C18H21BN2O3/c1-2-3-13(22)8-11-6-12(7-11)15-9-19(23)24-16-10-21-18-14(17(15)16)4-5-20-18/h4-5,9-12,23H,2-3,6-8H2,1H3,(H,20,21). The summed E-state index contributed by atoms with van der Waals surface area (Å²) in [4.78, 5) is 19.3. The van der Waals surface area contributed by atoms with Crippen LogP contribution < -0.4 is 4.65 Å². The minimum atomic E-state index is -0.925. The molecule has 0 unspecified atom stereocenters. The average Bonchev–Trinajstić information content (AvgIpc) is 2.98. The molecule has 0 amide bonds. The van der Waals surface area contributed by atoms with Crippen molar-refractivity contribution in [2.45, 2.75) is 39.0 Å². The molecule has 3 heterocycles. The molecule has 2 aromatic heterocycles. The second kappa shape index (κ2) is 6.09. The molecule has 4 rings (SSSR count). The number of H-pyrrole nitrogens is 1. The Labute approximate surface area is 141 Å². The molecule has 0 radical (unpaired) electrons. The fourth-order valence-electron chi connectivity index (χ4n) is 3.98. The zero-order valence-electron chi connectivity index (χ0n) is 13.8. The quantitative estimate of drug-likeness (QED) is 0.829. The van der Waals surface area contributed by atoms with Crippen LogP contribution in [0.15, 0.2) is 24.4 Å². The Bertz CT molecular complexity index is 808. The van der Waals surface area contributed by atoms with Crippen molar-refractivity contribution in [3.8, 4) is 5.75 Å². The van der Waals surface area contributed by atoms with Crippen molar-refractivity contribution in [3.63, 3.8) is 0 Å². The third-order valence-electron chi connectivity index (χ3n) is 5.13. The molecule has 1 aliphatic carbocycles. The summed E-state index contributed by atoms with van der Waals surface area (Å²) in [5.74, 6) is 3.67. The van der Waals surface area contributed by atoms with Crippen molar-refractivity contribution in [3.05, 3.63) is 30.0 Å². The van der Waals surface area contributed by atoms with Crippen LogP contribution in [-0.4, -0.2) is 27.9 Å². The first kappa shape index (κ1) is 15.5. The van der Waals surface area contributed by atoms with Crippen LogP contribution in [0.25, 0.3) is 16.6 Å². The Balaban J connectivity index is 1.57. The highest BCUT2D eigenvalue weighted by molar-refractivity contribution is 6.52. The number of nitrogens with one attached hydrogen (secondary N) is 1. The summed E-state index contributed by atoms with van der Waals surface area (Å²) in [7, 11) is -0.925. The van der Waals surface area contributed by atoms with E-state index >= 15 is 0 Å². The lowest BCUT2D eigenvalue weighted by Crippen LogP contribution is -2.31. The first-order valence-corrected chi connectivity index (χ1v) is 8.70. The van der Waals surface area contributed by atoms with E-state index in [0.717, 1.165) is 41.4 Å². The van der Waals surface area contributed by atoms with Crippen LogP contribution in [0.5, 0.6) is 5.75 Å². The van der Waals surface area contributed by atoms with Gasteiger partial charge in [0, 0.05) is 30.0 Å². The van der Waals surface area contributed by atoms with Gasteiger partial charge < -0.3 is 14.7 Å². The van der Waals surface area contributed by atoms with E-state index in [0.29, 0.717) is 36.2 Å². The predicted molar refractivity (Wildman–Crippen MR) is 93.4 cm³/mol. The fraction of sp³-hybridized carbons (Fsp3) is 0.444. The molecule has 2 aliphatic rings. The largest absolute Gasteiger partial charge is 0.552 e. The molecule has 24 heavy (non-hydrogen) atoms. The second-order valence-electron chi connectivity index (χ2n) is 6.89. The summed E-state index contributed by atoms with van der Waals surface area (Å²) in [6.07, 6.45) is 7.85. The molecule has 124 valence electrons. The van der Waals surface area contributed by atoms with Crippen molar-refractivity contribution in [1.29, 1.82) is 0 Å². The molecule has 0 aromatic carbocycles. The van der Waals surface area contributed by atoms with Gasteiger partial charge in [0.1, 0.15) is 17.2 Å². The van der Waals surface area contributed by atoms with E-state index in [4.69, 9.17) is 4.65 Å². The van der Waals surface area contributed by atoms with E-state index in [1.165, 1.54) is 0 Å².